The summed E-state index contributed by atoms with van der Waals surface area (Å²) in [6, 6.07) is 14.2. The second-order valence-electron chi connectivity index (χ2n) is 8.05. The molecule has 0 spiro atoms. The van der Waals surface area contributed by atoms with Crippen LogP contribution in [-0.4, -0.2) is 33.9 Å². The number of rotatable bonds is 4. The summed E-state index contributed by atoms with van der Waals surface area (Å²) in [7, 11) is 0. The van der Waals surface area contributed by atoms with Gasteiger partial charge in [0.25, 0.3) is 5.91 Å². The highest BCUT2D eigenvalue weighted by atomic mass is 19.1. The Morgan fingerprint density at radius 2 is 1.83 bits per heavy atom. The summed E-state index contributed by atoms with van der Waals surface area (Å²) in [5.74, 6) is -0.184. The smallest absolute Gasteiger partial charge is 0.256 e. The molecule has 29 heavy (non-hydrogen) atoms. The number of hydrogen-bond donors (Lipinski definition) is 0. The van der Waals surface area contributed by atoms with Crippen LogP contribution < -0.4 is 0 Å². The first-order valence-corrected chi connectivity index (χ1v) is 9.93. The van der Waals surface area contributed by atoms with E-state index in [4.69, 9.17) is 0 Å². The van der Waals surface area contributed by atoms with Gasteiger partial charge in [0, 0.05) is 37.2 Å². The molecule has 1 saturated heterocycles. The van der Waals surface area contributed by atoms with Crippen LogP contribution in [0.15, 0.2) is 67.1 Å². The van der Waals surface area contributed by atoms with Crippen molar-refractivity contribution in [2.45, 2.75) is 26.2 Å². The standard InChI is InChI=1S/C24H24FN3O/c1-24(17-18-4-2-5-20(25)16-18)9-14-28(15-10-24)23(29)21-6-3-11-27-22(21)19-7-12-26-13-8-19/h2-8,11-13,16H,9-10,14-15,17H2,1H3. The number of likely N-dealkylation sites (tertiary alicyclic amines) is 1. The molecule has 0 radical (unpaired) electrons. The Hall–Kier alpha value is -3.08. The lowest BCUT2D eigenvalue weighted by atomic mass is 9.75. The molecule has 4 nitrogen and oxygen atoms in total. The molecule has 0 aliphatic carbocycles. The molecule has 3 heterocycles. The van der Waals surface area contributed by atoms with E-state index in [1.807, 2.05) is 29.2 Å². The van der Waals surface area contributed by atoms with Crippen LogP contribution in [0.2, 0.25) is 0 Å². The van der Waals surface area contributed by atoms with Gasteiger partial charge in [0.2, 0.25) is 0 Å². The number of halogens is 1. The summed E-state index contributed by atoms with van der Waals surface area (Å²) in [5, 5.41) is 0. The highest BCUT2D eigenvalue weighted by Crippen LogP contribution is 2.35. The van der Waals surface area contributed by atoms with Crippen LogP contribution >= 0.6 is 0 Å². The molecule has 0 saturated carbocycles. The molecule has 3 aromatic rings. The van der Waals surface area contributed by atoms with Crippen molar-refractivity contribution >= 4 is 5.91 Å². The maximum absolute atomic E-state index is 13.5. The van der Waals surface area contributed by atoms with Crippen molar-refractivity contribution in [3.05, 3.63) is 84.1 Å². The number of hydrogen-bond acceptors (Lipinski definition) is 3. The molecule has 0 N–H and O–H groups in total. The van der Waals surface area contributed by atoms with Crippen LogP contribution in [-0.2, 0) is 6.42 Å². The maximum Gasteiger partial charge on any atom is 0.256 e. The lowest BCUT2D eigenvalue weighted by molar-refractivity contribution is 0.0607. The number of piperidine rings is 1. The molecule has 1 aromatic carbocycles. The molecule has 4 rings (SSSR count). The second-order valence-corrected chi connectivity index (χ2v) is 8.05. The van der Waals surface area contributed by atoms with Crippen LogP contribution in [0, 0.1) is 11.2 Å². The van der Waals surface area contributed by atoms with E-state index >= 15 is 0 Å². The first-order valence-electron chi connectivity index (χ1n) is 9.93. The number of amides is 1. The highest BCUT2D eigenvalue weighted by molar-refractivity contribution is 5.99. The fourth-order valence-electron chi connectivity index (χ4n) is 4.05. The van der Waals surface area contributed by atoms with E-state index in [1.165, 1.54) is 6.07 Å². The molecule has 148 valence electrons. The summed E-state index contributed by atoms with van der Waals surface area (Å²) in [6.07, 6.45) is 7.72. The van der Waals surface area contributed by atoms with Crippen molar-refractivity contribution in [1.82, 2.24) is 14.9 Å². The number of carbonyl (C=O) groups excluding carboxylic acids is 1. The average Bonchev–Trinajstić information content (AvgIpc) is 2.74. The Kier molecular flexibility index (Phi) is 5.38. The molecule has 5 heteroatoms. The highest BCUT2D eigenvalue weighted by Gasteiger charge is 2.33. The fourth-order valence-corrected chi connectivity index (χ4v) is 4.05. The third-order valence-corrected chi connectivity index (χ3v) is 5.77. The largest absolute Gasteiger partial charge is 0.339 e. The summed E-state index contributed by atoms with van der Waals surface area (Å²) in [6.45, 7) is 3.61. The number of aromatic nitrogens is 2. The van der Waals surface area contributed by atoms with Crippen molar-refractivity contribution in [3.63, 3.8) is 0 Å². The topological polar surface area (TPSA) is 46.1 Å². The van der Waals surface area contributed by atoms with Gasteiger partial charge in [-0.05, 0) is 66.6 Å². The quantitative estimate of drug-likeness (QED) is 0.646. The van der Waals surface area contributed by atoms with Crippen molar-refractivity contribution in [2.24, 2.45) is 5.41 Å². The molecule has 1 aliphatic rings. The first kappa shape index (κ1) is 19.2. The molecule has 1 aliphatic heterocycles. The Labute approximate surface area is 170 Å². The maximum atomic E-state index is 13.5. The molecule has 0 atom stereocenters. The van der Waals surface area contributed by atoms with E-state index in [0.29, 0.717) is 24.3 Å². The van der Waals surface area contributed by atoms with Crippen LogP contribution in [0.1, 0.15) is 35.7 Å². The zero-order valence-corrected chi connectivity index (χ0v) is 16.5. The summed E-state index contributed by atoms with van der Waals surface area (Å²) >= 11 is 0. The molecule has 2 aromatic heterocycles. The third kappa shape index (κ3) is 4.34. The van der Waals surface area contributed by atoms with Crippen molar-refractivity contribution in [3.8, 4) is 11.3 Å². The molecular formula is C24H24FN3O. The Bertz CT molecular complexity index is 998. The zero-order valence-electron chi connectivity index (χ0n) is 16.5. The van der Waals surface area contributed by atoms with Crippen LogP contribution in [0.5, 0.6) is 0 Å². The van der Waals surface area contributed by atoms with Gasteiger partial charge < -0.3 is 4.90 Å². The lowest BCUT2D eigenvalue weighted by Gasteiger charge is -2.39. The number of nitrogens with zero attached hydrogens (tertiary/aromatic N) is 3. The van der Waals surface area contributed by atoms with Gasteiger partial charge in [0.1, 0.15) is 5.82 Å². The van der Waals surface area contributed by atoms with Gasteiger partial charge in [-0.3, -0.25) is 14.8 Å². The Balaban J connectivity index is 1.47. The van der Waals surface area contributed by atoms with E-state index < -0.39 is 0 Å². The number of carbonyl (C=O) groups is 1. The van der Waals surface area contributed by atoms with E-state index in [1.54, 1.807) is 36.8 Å². The van der Waals surface area contributed by atoms with Crippen molar-refractivity contribution in [2.75, 3.05) is 13.1 Å². The SMILES string of the molecule is CC1(Cc2cccc(F)c2)CCN(C(=O)c2cccnc2-c2ccncc2)CC1. The third-order valence-electron chi connectivity index (χ3n) is 5.77. The first-order chi connectivity index (χ1) is 14.0. The number of pyridine rings is 2. The summed E-state index contributed by atoms with van der Waals surface area (Å²) in [4.78, 5) is 23.6. The van der Waals surface area contributed by atoms with Gasteiger partial charge in [0.15, 0.2) is 0 Å². The van der Waals surface area contributed by atoms with Gasteiger partial charge in [-0.25, -0.2) is 4.39 Å². The molecule has 1 amide bonds. The number of benzene rings is 1. The van der Waals surface area contributed by atoms with E-state index in [0.717, 1.165) is 30.4 Å². The van der Waals surface area contributed by atoms with Gasteiger partial charge >= 0.3 is 0 Å². The minimum atomic E-state index is -0.195. The van der Waals surface area contributed by atoms with Gasteiger partial charge in [-0.2, -0.15) is 0 Å². The van der Waals surface area contributed by atoms with Gasteiger partial charge in [-0.1, -0.05) is 19.1 Å². The molecule has 1 fully saturated rings. The Morgan fingerprint density at radius 3 is 2.55 bits per heavy atom. The van der Waals surface area contributed by atoms with Crippen LogP contribution in [0.4, 0.5) is 4.39 Å². The molecular weight excluding hydrogens is 365 g/mol. The predicted molar refractivity (Wildman–Crippen MR) is 111 cm³/mol. The second kappa shape index (κ2) is 8.11. The minimum Gasteiger partial charge on any atom is -0.339 e. The van der Waals surface area contributed by atoms with Crippen molar-refractivity contribution in [1.29, 1.82) is 0 Å². The lowest BCUT2D eigenvalue weighted by Crippen LogP contribution is -2.43. The van der Waals surface area contributed by atoms with Crippen LogP contribution in [0.3, 0.4) is 0 Å². The van der Waals surface area contributed by atoms with Crippen molar-refractivity contribution < 1.29 is 9.18 Å². The Morgan fingerprint density at radius 1 is 1.07 bits per heavy atom. The minimum absolute atomic E-state index is 0.0118. The molecule has 0 unspecified atom stereocenters. The van der Waals surface area contributed by atoms with E-state index in [-0.39, 0.29) is 17.1 Å². The summed E-state index contributed by atoms with van der Waals surface area (Å²) < 4.78 is 13.5. The monoisotopic (exact) mass is 389 g/mol. The van der Waals surface area contributed by atoms with Gasteiger partial charge in [0.05, 0.1) is 11.3 Å². The predicted octanol–water partition coefficient (Wildman–Crippen LogP) is 4.77. The zero-order chi connectivity index (χ0) is 20.3. The van der Waals surface area contributed by atoms with E-state index in [2.05, 4.69) is 16.9 Å². The van der Waals surface area contributed by atoms with Gasteiger partial charge in [-0.15, -0.1) is 0 Å². The molecule has 0 bridgehead atoms. The average molecular weight is 389 g/mol. The normalized spacial score (nSPS) is 15.9. The fraction of sp³-hybridized carbons (Fsp3) is 0.292. The van der Waals surface area contributed by atoms with Crippen LogP contribution in [0.25, 0.3) is 11.3 Å². The summed E-state index contributed by atoms with van der Waals surface area (Å²) in [5.41, 5.74) is 3.27. The van der Waals surface area contributed by atoms with E-state index in [9.17, 15) is 9.18 Å².